The van der Waals surface area contributed by atoms with Crippen LogP contribution in [0.4, 0.5) is 0 Å². The van der Waals surface area contributed by atoms with E-state index < -0.39 is 26.5 Å². The van der Waals surface area contributed by atoms with Crippen molar-refractivity contribution in [3.8, 4) is 0 Å². The monoisotopic (exact) mass is 1330 g/mol. The number of rotatable bonds is 76. The van der Waals surface area contributed by atoms with Gasteiger partial charge in [-0.15, -0.1) is 0 Å². The van der Waals surface area contributed by atoms with E-state index in [2.05, 4.69) is 74.6 Å². The number of carbonyl (C=O) groups excluding carboxylic acids is 2. The van der Waals surface area contributed by atoms with Crippen molar-refractivity contribution in [1.82, 2.24) is 0 Å². The van der Waals surface area contributed by atoms with E-state index in [-0.39, 0.29) is 32.0 Å². The van der Waals surface area contributed by atoms with E-state index in [9.17, 15) is 19.0 Å². The summed E-state index contributed by atoms with van der Waals surface area (Å²) < 4.78 is 34.4. The van der Waals surface area contributed by atoms with Crippen LogP contribution in [0.5, 0.6) is 0 Å². The largest absolute Gasteiger partial charge is 0.756 e. The Kier molecular flexibility index (Phi) is 72.1. The molecule has 0 aromatic rings. The van der Waals surface area contributed by atoms with Crippen molar-refractivity contribution in [2.45, 2.75) is 412 Å². The van der Waals surface area contributed by atoms with Crippen molar-refractivity contribution >= 4 is 19.8 Å². The first-order valence-electron chi connectivity index (χ1n) is 40.5. The summed E-state index contributed by atoms with van der Waals surface area (Å²) in [6.07, 6.45) is 99.3. The first-order valence-corrected chi connectivity index (χ1v) is 42.0. The number of phosphoric acid groups is 1. The first kappa shape index (κ1) is 90.7. The zero-order valence-corrected chi connectivity index (χ0v) is 63.4. The molecule has 0 N–H and O–H groups in total. The predicted molar refractivity (Wildman–Crippen MR) is 402 cm³/mol. The lowest BCUT2D eigenvalue weighted by Crippen LogP contribution is -2.37. The number of allylic oxidation sites excluding steroid dienone is 10. The molecule has 546 valence electrons. The fourth-order valence-corrected chi connectivity index (χ4v) is 12.9. The van der Waals surface area contributed by atoms with Crippen LogP contribution in [0.3, 0.4) is 0 Å². The maximum atomic E-state index is 12.9. The van der Waals surface area contributed by atoms with Gasteiger partial charge in [-0.25, -0.2) is 0 Å². The minimum Gasteiger partial charge on any atom is -0.756 e. The topological polar surface area (TPSA) is 111 Å². The minimum atomic E-state index is -4.65. The van der Waals surface area contributed by atoms with E-state index in [1.807, 2.05) is 21.1 Å². The zero-order chi connectivity index (χ0) is 67.6. The van der Waals surface area contributed by atoms with Gasteiger partial charge in [-0.05, 0) is 57.8 Å². The number of likely N-dealkylation sites (N-methyl/N-ethyl adjacent to an activating group) is 1. The van der Waals surface area contributed by atoms with Crippen LogP contribution < -0.4 is 4.89 Å². The van der Waals surface area contributed by atoms with E-state index in [4.69, 9.17) is 18.5 Å². The van der Waals surface area contributed by atoms with Crippen molar-refractivity contribution in [3.05, 3.63) is 60.8 Å². The number of hydrogen-bond acceptors (Lipinski definition) is 8. The molecule has 9 nitrogen and oxygen atoms in total. The molecular weight excluding hydrogens is 1170 g/mol. The number of quaternary nitrogens is 1. The van der Waals surface area contributed by atoms with Gasteiger partial charge in [-0.1, -0.05) is 396 Å². The predicted octanol–water partition coefficient (Wildman–Crippen LogP) is 26.3. The van der Waals surface area contributed by atoms with Crippen LogP contribution in [-0.2, 0) is 32.7 Å². The van der Waals surface area contributed by atoms with Crippen LogP contribution in [-0.4, -0.2) is 70.0 Å². The molecule has 0 spiro atoms. The van der Waals surface area contributed by atoms with E-state index in [1.165, 1.54) is 302 Å². The van der Waals surface area contributed by atoms with Gasteiger partial charge in [0.2, 0.25) is 0 Å². The molecule has 0 aliphatic carbocycles. The lowest BCUT2D eigenvalue weighted by molar-refractivity contribution is -0.870. The van der Waals surface area contributed by atoms with Crippen LogP contribution in [0, 0.1) is 0 Å². The van der Waals surface area contributed by atoms with Crippen molar-refractivity contribution in [3.63, 3.8) is 0 Å². The Bertz CT molecular complexity index is 1750. The molecule has 0 fully saturated rings. The van der Waals surface area contributed by atoms with Crippen LogP contribution in [0.1, 0.15) is 406 Å². The van der Waals surface area contributed by atoms with Crippen molar-refractivity contribution < 1.29 is 42.1 Å². The third-order valence-electron chi connectivity index (χ3n) is 18.3. The molecule has 0 rings (SSSR count). The average molecular weight is 1330 g/mol. The maximum Gasteiger partial charge on any atom is 0.306 e. The fourth-order valence-electron chi connectivity index (χ4n) is 12.2. The van der Waals surface area contributed by atoms with Gasteiger partial charge in [0.25, 0.3) is 7.82 Å². The van der Waals surface area contributed by atoms with Crippen LogP contribution in [0.25, 0.3) is 0 Å². The minimum absolute atomic E-state index is 0.0303. The summed E-state index contributed by atoms with van der Waals surface area (Å²) in [5.74, 6) is -0.816. The summed E-state index contributed by atoms with van der Waals surface area (Å²) in [4.78, 5) is 38.2. The highest BCUT2D eigenvalue weighted by Crippen LogP contribution is 2.38. The summed E-state index contributed by atoms with van der Waals surface area (Å²) in [5.41, 5.74) is 0. The van der Waals surface area contributed by atoms with Gasteiger partial charge in [0, 0.05) is 12.8 Å². The standard InChI is InChI=1S/C83H156NO8P/c1-6-8-10-12-14-16-18-20-22-24-26-28-30-32-34-36-37-38-39-40-41-42-43-44-45-46-48-49-51-53-55-57-59-61-63-65-67-69-71-73-75-82(85)89-79-81(80-91-93(87,88)90-78-77-84(3,4)5)92-83(86)76-74-72-70-68-66-64-62-60-58-56-54-52-50-47-35-33-31-29-27-25-23-21-19-17-15-13-11-9-7-2/h9,11,15,17,21,23,27,29,33,35,81H,6-8,10,12-14,16,18-20,22,24-26,28,30-32,34,36-80H2,1-5H3/b11-9-,17-15-,23-21-,29-27-,35-33-. The summed E-state index contributed by atoms with van der Waals surface area (Å²) in [5, 5.41) is 0. The normalized spacial score (nSPS) is 13.3. The van der Waals surface area contributed by atoms with E-state index in [0.29, 0.717) is 17.4 Å². The Labute approximate surface area is 578 Å². The molecule has 0 aliphatic heterocycles. The highest BCUT2D eigenvalue weighted by atomic mass is 31.2. The van der Waals surface area contributed by atoms with Crippen LogP contribution >= 0.6 is 7.82 Å². The molecule has 0 aromatic carbocycles. The molecule has 2 unspecified atom stereocenters. The summed E-state index contributed by atoms with van der Waals surface area (Å²) in [6, 6.07) is 0. The number of carbonyl (C=O) groups is 2. The second kappa shape index (κ2) is 73.9. The average Bonchev–Trinajstić information content (AvgIpc) is 2.61. The second-order valence-electron chi connectivity index (χ2n) is 28.8. The summed E-state index contributed by atoms with van der Waals surface area (Å²) >= 11 is 0. The van der Waals surface area contributed by atoms with Crippen LogP contribution in [0.2, 0.25) is 0 Å². The molecule has 0 amide bonds. The molecule has 0 saturated carbocycles. The van der Waals surface area contributed by atoms with Crippen molar-refractivity contribution in [2.24, 2.45) is 0 Å². The lowest BCUT2D eigenvalue weighted by atomic mass is 10.0. The molecule has 93 heavy (non-hydrogen) atoms. The fraction of sp³-hybridized carbons (Fsp3) is 0.855. The Balaban J connectivity index is 3.89. The van der Waals surface area contributed by atoms with E-state index >= 15 is 0 Å². The van der Waals surface area contributed by atoms with E-state index in [0.717, 1.165) is 70.6 Å². The van der Waals surface area contributed by atoms with Gasteiger partial charge < -0.3 is 27.9 Å². The molecule has 2 atom stereocenters. The van der Waals surface area contributed by atoms with Gasteiger partial charge in [0.1, 0.15) is 19.8 Å². The molecular formula is C83H156NO8P. The molecule has 0 aliphatic rings. The SMILES string of the molecule is CC/C=C\C/C=C\C/C=C\C/C=C\C/C=C\CCCCCCCCCCCCCCCC(=O)OC(COC(=O)CCCCCCCCCCCCCCCCCCCCCCCCCCCCCCCCCCCCCCCCCC)COP(=O)([O-])OCC[N+](C)(C)C. The smallest absolute Gasteiger partial charge is 0.306 e. The molecule has 0 heterocycles. The van der Waals surface area contributed by atoms with Gasteiger partial charge in [-0.2, -0.15) is 0 Å². The maximum absolute atomic E-state index is 12.9. The third kappa shape index (κ3) is 78.6. The zero-order valence-electron chi connectivity index (χ0n) is 62.5. The highest BCUT2D eigenvalue weighted by molar-refractivity contribution is 7.45. The summed E-state index contributed by atoms with van der Waals surface area (Å²) in [7, 11) is 1.18. The number of hydrogen-bond donors (Lipinski definition) is 0. The Morgan fingerprint density at radius 1 is 0.344 bits per heavy atom. The molecule has 0 saturated heterocycles. The highest BCUT2D eigenvalue weighted by Gasteiger charge is 2.22. The third-order valence-corrected chi connectivity index (χ3v) is 19.3. The second-order valence-corrected chi connectivity index (χ2v) is 30.2. The molecule has 0 bridgehead atoms. The lowest BCUT2D eigenvalue weighted by Gasteiger charge is -2.28. The van der Waals surface area contributed by atoms with Crippen molar-refractivity contribution in [1.29, 1.82) is 0 Å². The number of phosphoric ester groups is 1. The van der Waals surface area contributed by atoms with Crippen LogP contribution in [0.15, 0.2) is 60.8 Å². The van der Waals surface area contributed by atoms with Gasteiger partial charge in [-0.3, -0.25) is 14.2 Å². The van der Waals surface area contributed by atoms with Gasteiger partial charge in [0.15, 0.2) is 6.10 Å². The summed E-state index contributed by atoms with van der Waals surface area (Å²) in [6.45, 7) is 4.19. The quantitative estimate of drug-likeness (QED) is 0.0195. The molecule has 0 radical (unpaired) electrons. The van der Waals surface area contributed by atoms with Crippen molar-refractivity contribution in [2.75, 3.05) is 47.5 Å². The number of nitrogens with zero attached hydrogens (tertiary/aromatic N) is 1. The van der Waals surface area contributed by atoms with Gasteiger partial charge in [0.05, 0.1) is 27.7 Å². The van der Waals surface area contributed by atoms with E-state index in [1.54, 1.807) is 0 Å². The first-order chi connectivity index (χ1) is 45.5. The Morgan fingerprint density at radius 3 is 0.914 bits per heavy atom. The number of esters is 2. The Hall–Kier alpha value is -2.29. The molecule has 10 heteroatoms. The Morgan fingerprint density at radius 2 is 0.613 bits per heavy atom. The molecule has 0 aromatic heterocycles. The number of ether oxygens (including phenoxy) is 2. The number of unbranched alkanes of at least 4 members (excludes halogenated alkanes) is 52. The van der Waals surface area contributed by atoms with Gasteiger partial charge >= 0.3 is 11.9 Å².